The van der Waals surface area contributed by atoms with E-state index in [1.165, 1.54) is 16.4 Å². The Morgan fingerprint density at radius 3 is 2.44 bits per heavy atom. The van der Waals surface area contributed by atoms with E-state index in [-0.39, 0.29) is 10.6 Å². The predicted octanol–water partition coefficient (Wildman–Crippen LogP) is 3.70. The minimum atomic E-state index is -3.67. The maximum absolute atomic E-state index is 13.8. The van der Waals surface area contributed by atoms with Gasteiger partial charge in [0.15, 0.2) is 0 Å². The number of carbonyl (C=O) groups is 1. The molecule has 144 valence electrons. The summed E-state index contributed by atoms with van der Waals surface area (Å²) in [6.07, 6.45) is 2.63. The largest absolute Gasteiger partial charge is 0.322 e. The minimum Gasteiger partial charge on any atom is -0.322 e. The van der Waals surface area contributed by atoms with Gasteiger partial charge in [0.1, 0.15) is 11.6 Å². The summed E-state index contributed by atoms with van der Waals surface area (Å²) in [5.74, 6) is -2.44. The number of sulfonamides is 1. The molecular formula is C19H20F2N2O3S. The Balaban J connectivity index is 1.89. The standard InChI is InChI=1S/C19H20F2N2O3S/c1-13-5-7-15(27(25,26)23-9-3-2-4-10-23)12-18(13)22-19(24)16-11-14(20)6-8-17(16)21/h5-8,11-12H,2-4,9-10H2,1H3,(H,22,24). The molecule has 3 rings (SSSR count). The third kappa shape index (κ3) is 4.17. The molecule has 5 nitrogen and oxygen atoms in total. The fourth-order valence-corrected chi connectivity index (χ4v) is 4.56. The number of rotatable bonds is 4. The molecule has 2 aromatic carbocycles. The summed E-state index contributed by atoms with van der Waals surface area (Å²) in [5, 5.41) is 2.48. The molecule has 1 saturated heterocycles. The average molecular weight is 394 g/mol. The molecule has 1 amide bonds. The Kier molecular flexibility index (Phi) is 5.57. The Morgan fingerprint density at radius 2 is 1.74 bits per heavy atom. The molecule has 8 heteroatoms. The van der Waals surface area contributed by atoms with E-state index in [4.69, 9.17) is 0 Å². The summed E-state index contributed by atoms with van der Waals surface area (Å²) in [6, 6.07) is 7.01. The SMILES string of the molecule is Cc1ccc(S(=O)(=O)N2CCCCC2)cc1NC(=O)c1cc(F)ccc1F. The van der Waals surface area contributed by atoms with Crippen molar-refractivity contribution in [1.29, 1.82) is 0 Å². The van der Waals surface area contributed by atoms with Crippen LogP contribution in [0.5, 0.6) is 0 Å². The Morgan fingerprint density at radius 1 is 1.04 bits per heavy atom. The van der Waals surface area contributed by atoms with Crippen molar-refractivity contribution < 1.29 is 22.0 Å². The quantitative estimate of drug-likeness (QED) is 0.860. The molecule has 2 aromatic rings. The number of benzene rings is 2. The van der Waals surface area contributed by atoms with Gasteiger partial charge in [0.05, 0.1) is 10.5 Å². The highest BCUT2D eigenvalue weighted by atomic mass is 32.2. The monoisotopic (exact) mass is 394 g/mol. The fourth-order valence-electron chi connectivity index (χ4n) is 3.01. The maximum atomic E-state index is 13.8. The summed E-state index contributed by atoms with van der Waals surface area (Å²) in [6.45, 7) is 2.62. The van der Waals surface area contributed by atoms with Gasteiger partial charge in [-0.2, -0.15) is 4.31 Å². The summed E-state index contributed by atoms with van der Waals surface area (Å²) >= 11 is 0. The first-order valence-corrected chi connectivity index (χ1v) is 10.1. The normalized spacial score (nSPS) is 15.5. The lowest BCUT2D eigenvalue weighted by Crippen LogP contribution is -2.35. The lowest BCUT2D eigenvalue weighted by Gasteiger charge is -2.26. The zero-order chi connectivity index (χ0) is 19.6. The van der Waals surface area contributed by atoms with Crippen molar-refractivity contribution in [3.63, 3.8) is 0 Å². The van der Waals surface area contributed by atoms with Crippen LogP contribution in [0.3, 0.4) is 0 Å². The Labute approximate surface area is 157 Å². The van der Waals surface area contributed by atoms with Crippen molar-refractivity contribution in [3.05, 3.63) is 59.2 Å². The molecule has 0 bridgehead atoms. The fraction of sp³-hybridized carbons (Fsp3) is 0.316. The third-order valence-electron chi connectivity index (χ3n) is 4.58. The van der Waals surface area contributed by atoms with Crippen LogP contribution in [-0.2, 0) is 10.0 Å². The van der Waals surface area contributed by atoms with E-state index >= 15 is 0 Å². The number of nitrogens with zero attached hydrogens (tertiary/aromatic N) is 1. The van der Waals surface area contributed by atoms with Crippen molar-refractivity contribution in [2.45, 2.75) is 31.1 Å². The molecule has 0 spiro atoms. The number of nitrogens with one attached hydrogen (secondary N) is 1. The van der Waals surface area contributed by atoms with Crippen molar-refractivity contribution in [3.8, 4) is 0 Å². The van der Waals surface area contributed by atoms with E-state index in [0.717, 1.165) is 37.5 Å². The Hall–Kier alpha value is -2.32. The summed E-state index contributed by atoms with van der Waals surface area (Å²) in [5.41, 5.74) is 0.401. The number of carbonyl (C=O) groups excluding carboxylic acids is 1. The van der Waals surface area contributed by atoms with Gasteiger partial charge in [-0.05, 0) is 55.7 Å². The van der Waals surface area contributed by atoms with Crippen molar-refractivity contribution in [2.24, 2.45) is 0 Å². The van der Waals surface area contributed by atoms with Gasteiger partial charge < -0.3 is 5.32 Å². The molecule has 0 aliphatic carbocycles. The van der Waals surface area contributed by atoms with Gasteiger partial charge in [0.25, 0.3) is 5.91 Å². The lowest BCUT2D eigenvalue weighted by molar-refractivity contribution is 0.102. The van der Waals surface area contributed by atoms with Crippen LogP contribution in [0.2, 0.25) is 0 Å². The third-order valence-corrected chi connectivity index (χ3v) is 6.48. The zero-order valence-corrected chi connectivity index (χ0v) is 15.7. The number of hydrogen-bond donors (Lipinski definition) is 1. The molecule has 0 unspecified atom stereocenters. The average Bonchev–Trinajstić information content (AvgIpc) is 2.66. The number of aryl methyl sites for hydroxylation is 1. The van der Waals surface area contributed by atoms with Gasteiger partial charge in [-0.25, -0.2) is 17.2 Å². The topological polar surface area (TPSA) is 66.5 Å². The van der Waals surface area contributed by atoms with Crippen LogP contribution in [0.25, 0.3) is 0 Å². The minimum absolute atomic E-state index is 0.0602. The number of hydrogen-bond acceptors (Lipinski definition) is 3. The second-order valence-corrected chi connectivity index (χ2v) is 8.46. The lowest BCUT2D eigenvalue weighted by atomic mass is 10.1. The summed E-state index contributed by atoms with van der Waals surface area (Å²) in [7, 11) is -3.67. The molecule has 1 heterocycles. The zero-order valence-electron chi connectivity index (χ0n) is 14.8. The highest BCUT2D eigenvalue weighted by molar-refractivity contribution is 7.89. The molecule has 1 fully saturated rings. The van der Waals surface area contributed by atoms with Crippen molar-refractivity contribution in [1.82, 2.24) is 4.31 Å². The van der Waals surface area contributed by atoms with Crippen LogP contribution < -0.4 is 5.32 Å². The predicted molar refractivity (Wildman–Crippen MR) is 98.1 cm³/mol. The van der Waals surface area contributed by atoms with E-state index in [9.17, 15) is 22.0 Å². The van der Waals surface area contributed by atoms with E-state index in [1.54, 1.807) is 13.0 Å². The van der Waals surface area contributed by atoms with Crippen LogP contribution in [0.4, 0.5) is 14.5 Å². The first kappa shape index (κ1) is 19.4. The van der Waals surface area contributed by atoms with Crippen LogP contribution in [-0.4, -0.2) is 31.7 Å². The van der Waals surface area contributed by atoms with Gasteiger partial charge in [-0.15, -0.1) is 0 Å². The van der Waals surface area contributed by atoms with Crippen LogP contribution >= 0.6 is 0 Å². The highest BCUT2D eigenvalue weighted by Crippen LogP contribution is 2.26. The van der Waals surface area contributed by atoms with E-state index in [2.05, 4.69) is 5.32 Å². The Bertz CT molecular complexity index is 971. The van der Waals surface area contributed by atoms with Gasteiger partial charge in [0, 0.05) is 18.8 Å². The molecule has 0 saturated carbocycles. The van der Waals surface area contributed by atoms with Crippen LogP contribution in [0.15, 0.2) is 41.3 Å². The smallest absolute Gasteiger partial charge is 0.258 e. The second-order valence-electron chi connectivity index (χ2n) is 6.52. The number of amides is 1. The number of anilines is 1. The summed E-state index contributed by atoms with van der Waals surface area (Å²) in [4.78, 5) is 12.4. The molecule has 1 aliphatic rings. The molecular weight excluding hydrogens is 374 g/mol. The molecule has 0 radical (unpaired) electrons. The second kappa shape index (κ2) is 7.74. The molecule has 0 atom stereocenters. The van der Waals surface area contributed by atoms with E-state index in [0.29, 0.717) is 18.7 Å². The first-order valence-electron chi connectivity index (χ1n) is 8.66. The number of halogens is 2. The maximum Gasteiger partial charge on any atom is 0.258 e. The van der Waals surface area contributed by atoms with Crippen molar-refractivity contribution >= 4 is 21.6 Å². The van der Waals surface area contributed by atoms with Gasteiger partial charge >= 0.3 is 0 Å². The van der Waals surface area contributed by atoms with Gasteiger partial charge in [-0.3, -0.25) is 4.79 Å². The molecule has 1 aliphatic heterocycles. The first-order chi connectivity index (χ1) is 12.8. The van der Waals surface area contributed by atoms with E-state index in [1.807, 2.05) is 0 Å². The molecule has 0 aromatic heterocycles. The van der Waals surface area contributed by atoms with Gasteiger partial charge in [-0.1, -0.05) is 12.5 Å². The number of piperidine rings is 1. The van der Waals surface area contributed by atoms with Crippen molar-refractivity contribution in [2.75, 3.05) is 18.4 Å². The van der Waals surface area contributed by atoms with Gasteiger partial charge in [0.2, 0.25) is 10.0 Å². The van der Waals surface area contributed by atoms with Crippen LogP contribution in [0.1, 0.15) is 35.2 Å². The molecule has 27 heavy (non-hydrogen) atoms. The van der Waals surface area contributed by atoms with E-state index < -0.39 is 33.1 Å². The molecule has 1 N–H and O–H groups in total. The summed E-state index contributed by atoms with van der Waals surface area (Å²) < 4.78 is 54.2. The van der Waals surface area contributed by atoms with Crippen LogP contribution in [0, 0.1) is 18.6 Å². The highest BCUT2D eigenvalue weighted by Gasteiger charge is 2.26.